The van der Waals surface area contributed by atoms with E-state index >= 15 is 0 Å². The van der Waals surface area contributed by atoms with Gasteiger partial charge in [-0.1, -0.05) is 0 Å². The maximum absolute atomic E-state index is 4.88. The number of aryl methyl sites for hydroxylation is 2. The summed E-state index contributed by atoms with van der Waals surface area (Å²) in [6.07, 6.45) is 5.74. The zero-order valence-electron chi connectivity index (χ0n) is 15.9. The van der Waals surface area contributed by atoms with Gasteiger partial charge in [-0.2, -0.15) is 0 Å². The summed E-state index contributed by atoms with van der Waals surface area (Å²) >= 11 is 1.68. The molecule has 6 nitrogen and oxygen atoms in total. The van der Waals surface area contributed by atoms with Crippen LogP contribution in [-0.4, -0.2) is 39.1 Å². The molecular weight excluding hydrogens is 356 g/mol. The Morgan fingerprint density at radius 2 is 1.93 bits per heavy atom. The van der Waals surface area contributed by atoms with Crippen molar-refractivity contribution in [3.8, 4) is 11.4 Å². The van der Waals surface area contributed by atoms with Crippen LogP contribution in [0.25, 0.3) is 11.4 Å². The largest absolute Gasteiger partial charge is 0.359 e. The van der Waals surface area contributed by atoms with Crippen LogP contribution in [-0.2, 0) is 0 Å². The minimum atomic E-state index is 0.466. The van der Waals surface area contributed by atoms with Crippen LogP contribution in [0.2, 0.25) is 0 Å². The van der Waals surface area contributed by atoms with Gasteiger partial charge in [-0.15, -0.1) is 11.3 Å². The maximum Gasteiger partial charge on any atom is 0.183 e. The number of thiazole rings is 1. The smallest absolute Gasteiger partial charge is 0.183 e. The Balaban J connectivity index is 1.50. The highest BCUT2D eigenvalue weighted by atomic mass is 32.1. The van der Waals surface area contributed by atoms with Crippen molar-refractivity contribution in [2.45, 2.75) is 39.7 Å². The Hall–Kier alpha value is -2.54. The maximum atomic E-state index is 4.88. The Labute approximate surface area is 163 Å². The van der Waals surface area contributed by atoms with E-state index in [0.717, 1.165) is 65.2 Å². The average Bonchev–Trinajstić information content (AvgIpc) is 3.10. The molecule has 1 aliphatic rings. The third-order valence-electron chi connectivity index (χ3n) is 5.02. The number of hydrogen-bond donors (Lipinski definition) is 1. The van der Waals surface area contributed by atoms with Gasteiger partial charge in [0, 0.05) is 53.7 Å². The van der Waals surface area contributed by atoms with Gasteiger partial charge < -0.3 is 10.2 Å². The van der Waals surface area contributed by atoms with Crippen LogP contribution in [0.3, 0.4) is 0 Å². The zero-order chi connectivity index (χ0) is 18.8. The van der Waals surface area contributed by atoms with E-state index in [1.54, 1.807) is 17.5 Å². The fourth-order valence-corrected chi connectivity index (χ4v) is 4.14. The first-order valence-corrected chi connectivity index (χ1v) is 10.2. The fraction of sp³-hybridized carbons (Fsp3) is 0.400. The van der Waals surface area contributed by atoms with E-state index in [9.17, 15) is 0 Å². The number of pyridine rings is 1. The van der Waals surface area contributed by atoms with Crippen molar-refractivity contribution < 1.29 is 0 Å². The zero-order valence-corrected chi connectivity index (χ0v) is 16.8. The number of nitrogens with zero attached hydrogens (tertiary/aromatic N) is 5. The number of aromatic nitrogens is 4. The molecule has 1 N–H and O–H groups in total. The topological polar surface area (TPSA) is 66.8 Å². The van der Waals surface area contributed by atoms with Gasteiger partial charge in [0.15, 0.2) is 11.0 Å². The molecule has 0 saturated carbocycles. The Bertz CT molecular complexity index is 915. The molecule has 0 unspecified atom stereocenters. The van der Waals surface area contributed by atoms with Gasteiger partial charge in [-0.05, 0) is 45.7 Å². The molecule has 0 aliphatic carbocycles. The molecule has 0 amide bonds. The molecule has 0 aromatic carbocycles. The highest BCUT2D eigenvalue weighted by molar-refractivity contribution is 7.13. The molecule has 0 spiro atoms. The minimum Gasteiger partial charge on any atom is -0.359 e. The summed E-state index contributed by atoms with van der Waals surface area (Å²) in [5, 5.41) is 6.69. The summed E-state index contributed by atoms with van der Waals surface area (Å²) < 4.78 is 0. The summed E-state index contributed by atoms with van der Waals surface area (Å²) in [6, 6.07) is 4.39. The summed E-state index contributed by atoms with van der Waals surface area (Å²) in [4.78, 5) is 20.7. The van der Waals surface area contributed by atoms with Crippen LogP contribution in [0.15, 0.2) is 29.9 Å². The molecule has 3 aromatic rings. The molecular formula is C20H24N6S. The lowest BCUT2D eigenvalue weighted by Gasteiger charge is -2.34. The van der Waals surface area contributed by atoms with Gasteiger partial charge in [0.1, 0.15) is 5.82 Å². The number of rotatable bonds is 4. The molecule has 1 fully saturated rings. The van der Waals surface area contributed by atoms with E-state index in [1.807, 2.05) is 25.3 Å². The lowest BCUT2D eigenvalue weighted by atomic mass is 10.0. The van der Waals surface area contributed by atoms with Crippen molar-refractivity contribution in [3.05, 3.63) is 46.9 Å². The molecule has 0 radical (unpaired) electrons. The van der Waals surface area contributed by atoms with E-state index in [4.69, 9.17) is 4.98 Å². The Morgan fingerprint density at radius 1 is 1.11 bits per heavy atom. The SMILES string of the molecule is Cc1csc(NC2CCN(c3nc(-c4cccnc4)nc(C)c3C)CC2)n1. The Morgan fingerprint density at radius 3 is 2.59 bits per heavy atom. The predicted octanol–water partition coefficient (Wildman–Crippen LogP) is 4.00. The number of anilines is 2. The van der Waals surface area contributed by atoms with Gasteiger partial charge in [-0.25, -0.2) is 15.0 Å². The van der Waals surface area contributed by atoms with Crippen LogP contribution < -0.4 is 10.2 Å². The fourth-order valence-electron chi connectivity index (χ4n) is 3.38. The second-order valence-corrected chi connectivity index (χ2v) is 7.88. The Kier molecular flexibility index (Phi) is 5.03. The number of nitrogens with one attached hydrogen (secondary N) is 1. The normalized spacial score (nSPS) is 15.1. The average molecular weight is 381 g/mol. The standard InChI is InChI=1S/C20H24N6S/c1-13-12-27-20(22-13)24-17-6-9-26(10-7-17)19-14(2)15(3)23-18(25-19)16-5-4-8-21-11-16/h4-5,8,11-12,17H,6-7,9-10H2,1-3H3,(H,22,24). The van der Waals surface area contributed by atoms with Crippen LogP contribution in [0.5, 0.6) is 0 Å². The van der Waals surface area contributed by atoms with Crippen LogP contribution in [0.4, 0.5) is 10.9 Å². The third kappa shape index (κ3) is 3.93. The quantitative estimate of drug-likeness (QED) is 0.738. The van der Waals surface area contributed by atoms with Crippen LogP contribution >= 0.6 is 11.3 Å². The number of piperidine rings is 1. The second-order valence-electron chi connectivity index (χ2n) is 7.02. The molecule has 4 rings (SSSR count). The molecule has 27 heavy (non-hydrogen) atoms. The lowest BCUT2D eigenvalue weighted by molar-refractivity contribution is 0.522. The molecule has 1 aliphatic heterocycles. The number of hydrogen-bond acceptors (Lipinski definition) is 7. The molecule has 0 atom stereocenters. The first kappa shape index (κ1) is 17.9. The van der Waals surface area contributed by atoms with Gasteiger partial charge in [0.2, 0.25) is 0 Å². The van der Waals surface area contributed by atoms with Crippen molar-refractivity contribution in [1.82, 2.24) is 19.9 Å². The van der Waals surface area contributed by atoms with Gasteiger partial charge in [0.05, 0.1) is 5.69 Å². The van der Waals surface area contributed by atoms with Crippen molar-refractivity contribution in [3.63, 3.8) is 0 Å². The molecule has 1 saturated heterocycles. The van der Waals surface area contributed by atoms with Gasteiger partial charge in [-0.3, -0.25) is 4.98 Å². The van der Waals surface area contributed by atoms with Crippen molar-refractivity contribution in [1.29, 1.82) is 0 Å². The first-order chi connectivity index (χ1) is 13.1. The van der Waals surface area contributed by atoms with E-state index in [-0.39, 0.29) is 0 Å². The predicted molar refractivity (Wildman–Crippen MR) is 110 cm³/mol. The first-order valence-electron chi connectivity index (χ1n) is 9.29. The highest BCUT2D eigenvalue weighted by Gasteiger charge is 2.23. The molecule has 0 bridgehead atoms. The minimum absolute atomic E-state index is 0.466. The second kappa shape index (κ2) is 7.60. The molecule has 140 valence electrons. The van der Waals surface area contributed by atoms with Gasteiger partial charge in [0.25, 0.3) is 0 Å². The van der Waals surface area contributed by atoms with E-state index in [0.29, 0.717) is 6.04 Å². The van der Waals surface area contributed by atoms with Crippen molar-refractivity contribution >= 4 is 22.3 Å². The third-order valence-corrected chi connectivity index (χ3v) is 5.92. The monoisotopic (exact) mass is 380 g/mol. The van der Waals surface area contributed by atoms with E-state index < -0.39 is 0 Å². The van der Waals surface area contributed by atoms with Crippen molar-refractivity contribution in [2.24, 2.45) is 0 Å². The summed E-state index contributed by atoms with van der Waals surface area (Å²) in [7, 11) is 0. The molecule has 3 aromatic heterocycles. The van der Waals surface area contributed by atoms with Crippen LogP contribution in [0, 0.1) is 20.8 Å². The van der Waals surface area contributed by atoms with Crippen LogP contribution in [0.1, 0.15) is 29.8 Å². The van der Waals surface area contributed by atoms with Gasteiger partial charge >= 0.3 is 0 Å². The summed E-state index contributed by atoms with van der Waals surface area (Å²) in [5.41, 5.74) is 4.22. The van der Waals surface area contributed by atoms with E-state index in [1.165, 1.54) is 0 Å². The molecule has 7 heteroatoms. The van der Waals surface area contributed by atoms with E-state index in [2.05, 4.69) is 44.4 Å². The van der Waals surface area contributed by atoms with Crippen molar-refractivity contribution in [2.75, 3.05) is 23.3 Å². The highest BCUT2D eigenvalue weighted by Crippen LogP contribution is 2.27. The lowest BCUT2D eigenvalue weighted by Crippen LogP contribution is -2.40. The summed E-state index contributed by atoms with van der Waals surface area (Å²) in [5.74, 6) is 1.80. The summed E-state index contributed by atoms with van der Waals surface area (Å²) in [6.45, 7) is 8.15. The molecule has 4 heterocycles.